The maximum Gasteiger partial charge on any atom is 0.211 e. The number of hydrogen-bond donors (Lipinski definition) is 2. The smallest absolute Gasteiger partial charge is 0.211 e. The number of ether oxygens (including phenoxy) is 1. The number of guanidine groups is 1. The number of rotatable bonds is 5. The van der Waals surface area contributed by atoms with Crippen molar-refractivity contribution < 1.29 is 4.74 Å². The Hall–Kier alpha value is -3.34. The molecule has 0 heterocycles. The van der Waals surface area contributed by atoms with Gasteiger partial charge in [-0.1, -0.05) is 54.6 Å². The summed E-state index contributed by atoms with van der Waals surface area (Å²) < 4.78 is 6.07. The summed E-state index contributed by atoms with van der Waals surface area (Å²) in [4.78, 5) is 0. The maximum absolute atomic E-state index is 6.07. The summed E-state index contributed by atoms with van der Waals surface area (Å²) in [5.74, 6) is 0.648. The molecular formula is C20H20N4O. The van der Waals surface area contributed by atoms with E-state index in [1.54, 1.807) is 6.21 Å². The first-order valence-electron chi connectivity index (χ1n) is 7.96. The fourth-order valence-electron chi connectivity index (χ4n) is 2.62. The van der Waals surface area contributed by atoms with Crippen LogP contribution >= 0.6 is 0 Å². The molecule has 0 radical (unpaired) electrons. The van der Waals surface area contributed by atoms with E-state index >= 15 is 0 Å². The fourth-order valence-corrected chi connectivity index (χ4v) is 2.62. The van der Waals surface area contributed by atoms with Crippen molar-refractivity contribution in [2.24, 2.45) is 21.7 Å². The number of nitrogens with zero attached hydrogens (tertiary/aromatic N) is 2. The van der Waals surface area contributed by atoms with E-state index in [9.17, 15) is 0 Å². The maximum atomic E-state index is 6.07. The van der Waals surface area contributed by atoms with Gasteiger partial charge in [0.15, 0.2) is 0 Å². The van der Waals surface area contributed by atoms with Crippen molar-refractivity contribution in [3.05, 3.63) is 77.4 Å². The van der Waals surface area contributed by atoms with Gasteiger partial charge in [0.1, 0.15) is 12.4 Å². The Morgan fingerprint density at radius 2 is 1.76 bits per heavy atom. The standard InChI is InChI=1S/C20H20N4O/c1-14-6-2-3-8-16(14)13-25-19-11-10-15-7-4-5-9-17(15)18(19)12-23-24-20(21)22/h2-12H,13H2,1H3,(H4,21,22,24)/b23-12+. The van der Waals surface area contributed by atoms with Crippen molar-refractivity contribution in [1.29, 1.82) is 0 Å². The topological polar surface area (TPSA) is 86.0 Å². The lowest BCUT2D eigenvalue weighted by molar-refractivity contribution is 0.305. The molecule has 3 aromatic rings. The average Bonchev–Trinajstić information content (AvgIpc) is 2.61. The predicted molar refractivity (Wildman–Crippen MR) is 103 cm³/mol. The Kier molecular flexibility index (Phi) is 4.95. The van der Waals surface area contributed by atoms with Gasteiger partial charge in [0.05, 0.1) is 6.21 Å². The van der Waals surface area contributed by atoms with Crippen LogP contribution in [0.1, 0.15) is 16.7 Å². The van der Waals surface area contributed by atoms with Gasteiger partial charge >= 0.3 is 0 Å². The minimum absolute atomic E-state index is 0.0844. The van der Waals surface area contributed by atoms with E-state index in [1.807, 2.05) is 48.5 Å². The normalized spacial score (nSPS) is 10.9. The van der Waals surface area contributed by atoms with Gasteiger partial charge < -0.3 is 16.2 Å². The van der Waals surface area contributed by atoms with Gasteiger partial charge in [0, 0.05) is 5.56 Å². The first-order chi connectivity index (χ1) is 12.1. The van der Waals surface area contributed by atoms with E-state index in [2.05, 4.69) is 29.3 Å². The molecule has 5 heteroatoms. The molecular weight excluding hydrogens is 312 g/mol. The Bertz CT molecular complexity index is 943. The molecule has 126 valence electrons. The lowest BCUT2D eigenvalue weighted by Gasteiger charge is -2.12. The van der Waals surface area contributed by atoms with Crippen molar-refractivity contribution in [3.8, 4) is 5.75 Å². The molecule has 0 spiro atoms. The molecule has 25 heavy (non-hydrogen) atoms. The number of nitrogens with two attached hydrogens (primary N) is 2. The van der Waals surface area contributed by atoms with Crippen molar-refractivity contribution >= 4 is 22.9 Å². The minimum atomic E-state index is -0.0844. The van der Waals surface area contributed by atoms with Gasteiger partial charge in [0.2, 0.25) is 5.96 Å². The van der Waals surface area contributed by atoms with E-state index < -0.39 is 0 Å². The molecule has 0 bridgehead atoms. The summed E-state index contributed by atoms with van der Waals surface area (Å²) >= 11 is 0. The van der Waals surface area contributed by atoms with Crippen LogP contribution in [0, 0.1) is 6.92 Å². The lowest BCUT2D eigenvalue weighted by atomic mass is 10.0. The summed E-state index contributed by atoms with van der Waals surface area (Å²) in [7, 11) is 0. The molecule has 0 aliphatic rings. The first-order valence-corrected chi connectivity index (χ1v) is 7.96. The Labute approximate surface area is 146 Å². The summed E-state index contributed by atoms with van der Waals surface area (Å²) in [6.07, 6.45) is 1.62. The molecule has 0 aliphatic carbocycles. The van der Waals surface area contributed by atoms with Crippen LogP contribution in [0.15, 0.2) is 70.9 Å². The summed E-state index contributed by atoms with van der Waals surface area (Å²) in [6.45, 7) is 2.55. The second kappa shape index (κ2) is 7.49. The Morgan fingerprint density at radius 3 is 2.56 bits per heavy atom. The van der Waals surface area contributed by atoms with Gasteiger partial charge in [-0.2, -0.15) is 5.10 Å². The van der Waals surface area contributed by atoms with Crippen LogP contribution in [0.3, 0.4) is 0 Å². The van der Waals surface area contributed by atoms with E-state index in [1.165, 1.54) is 5.56 Å². The van der Waals surface area contributed by atoms with Gasteiger partial charge in [-0.15, -0.1) is 5.10 Å². The molecule has 4 N–H and O–H groups in total. The molecule has 0 aliphatic heterocycles. The summed E-state index contributed by atoms with van der Waals surface area (Å²) in [5, 5.41) is 9.77. The van der Waals surface area contributed by atoms with Gasteiger partial charge in [-0.25, -0.2) is 0 Å². The summed E-state index contributed by atoms with van der Waals surface area (Å²) in [6, 6.07) is 20.2. The molecule has 0 saturated heterocycles. The van der Waals surface area contributed by atoms with Crippen molar-refractivity contribution in [2.75, 3.05) is 0 Å². The molecule has 0 amide bonds. The zero-order valence-electron chi connectivity index (χ0n) is 14.0. The van der Waals surface area contributed by atoms with Gasteiger partial charge in [-0.05, 0) is 34.9 Å². The van der Waals surface area contributed by atoms with Crippen LogP contribution in [0.2, 0.25) is 0 Å². The summed E-state index contributed by atoms with van der Waals surface area (Å²) in [5.41, 5.74) is 13.9. The van der Waals surface area contributed by atoms with Crippen LogP contribution < -0.4 is 16.2 Å². The zero-order valence-corrected chi connectivity index (χ0v) is 14.0. The third-order valence-electron chi connectivity index (χ3n) is 3.94. The van der Waals surface area contributed by atoms with Crippen LogP contribution in [0.25, 0.3) is 10.8 Å². The molecule has 0 atom stereocenters. The average molecular weight is 332 g/mol. The third-order valence-corrected chi connectivity index (χ3v) is 3.94. The second-order valence-electron chi connectivity index (χ2n) is 5.68. The van der Waals surface area contributed by atoms with Crippen LogP contribution in [0.4, 0.5) is 0 Å². The van der Waals surface area contributed by atoms with Crippen molar-refractivity contribution in [3.63, 3.8) is 0 Å². The third kappa shape index (κ3) is 3.95. The highest BCUT2D eigenvalue weighted by Crippen LogP contribution is 2.27. The number of hydrogen-bond acceptors (Lipinski definition) is 3. The Balaban J connectivity index is 1.97. The molecule has 0 fully saturated rings. The fraction of sp³-hybridized carbons (Fsp3) is 0.100. The van der Waals surface area contributed by atoms with Crippen molar-refractivity contribution in [1.82, 2.24) is 0 Å². The van der Waals surface area contributed by atoms with E-state index in [4.69, 9.17) is 16.2 Å². The zero-order chi connectivity index (χ0) is 17.6. The van der Waals surface area contributed by atoms with Crippen LogP contribution in [0.5, 0.6) is 5.75 Å². The molecule has 0 saturated carbocycles. The van der Waals surface area contributed by atoms with E-state index in [-0.39, 0.29) is 5.96 Å². The van der Waals surface area contributed by atoms with Crippen LogP contribution in [-0.4, -0.2) is 12.2 Å². The first kappa shape index (κ1) is 16.5. The highest BCUT2D eigenvalue weighted by Gasteiger charge is 2.08. The monoisotopic (exact) mass is 332 g/mol. The van der Waals surface area contributed by atoms with Crippen molar-refractivity contribution in [2.45, 2.75) is 13.5 Å². The molecule has 5 nitrogen and oxygen atoms in total. The molecule has 3 aromatic carbocycles. The quantitative estimate of drug-likeness (QED) is 0.427. The largest absolute Gasteiger partial charge is 0.488 e. The molecule has 3 rings (SSSR count). The van der Waals surface area contributed by atoms with E-state index in [0.717, 1.165) is 27.6 Å². The number of fused-ring (bicyclic) bond motifs is 1. The lowest BCUT2D eigenvalue weighted by Crippen LogP contribution is -2.21. The SMILES string of the molecule is Cc1ccccc1COc1ccc2ccccc2c1/C=N/N=C(N)N. The highest BCUT2D eigenvalue weighted by molar-refractivity contribution is 6.02. The highest BCUT2D eigenvalue weighted by atomic mass is 16.5. The number of benzene rings is 3. The molecule has 0 aromatic heterocycles. The minimum Gasteiger partial charge on any atom is -0.488 e. The van der Waals surface area contributed by atoms with Gasteiger partial charge in [-0.3, -0.25) is 0 Å². The van der Waals surface area contributed by atoms with Gasteiger partial charge in [0.25, 0.3) is 0 Å². The second-order valence-corrected chi connectivity index (χ2v) is 5.68. The number of aryl methyl sites for hydroxylation is 1. The molecule has 0 unspecified atom stereocenters. The predicted octanol–water partition coefficient (Wildman–Crippen LogP) is 3.33. The Morgan fingerprint density at radius 1 is 1.00 bits per heavy atom. The van der Waals surface area contributed by atoms with E-state index in [0.29, 0.717) is 6.61 Å². The van der Waals surface area contributed by atoms with Crippen LogP contribution in [-0.2, 0) is 6.61 Å².